The minimum atomic E-state index is -0.265. The number of nitrogens with one attached hydrogen (secondary N) is 1. The normalized spacial score (nSPS) is 15.4. The van der Waals surface area contributed by atoms with Gasteiger partial charge < -0.3 is 14.6 Å². The Morgan fingerprint density at radius 3 is 2.71 bits per heavy atom. The van der Waals surface area contributed by atoms with Crippen molar-refractivity contribution in [2.24, 2.45) is 0 Å². The number of rotatable bonds is 4. The van der Waals surface area contributed by atoms with Crippen LogP contribution >= 0.6 is 0 Å². The highest BCUT2D eigenvalue weighted by Gasteiger charge is 2.20. The van der Waals surface area contributed by atoms with Gasteiger partial charge in [0, 0.05) is 18.8 Å². The number of hydrogen-bond donors (Lipinski definition) is 1. The number of carbonyl (C=O) groups is 1. The number of benzene rings is 1. The molecule has 1 aromatic heterocycles. The topological polar surface area (TPSA) is 60.3 Å². The van der Waals surface area contributed by atoms with E-state index in [0.717, 1.165) is 31.2 Å². The van der Waals surface area contributed by atoms with Gasteiger partial charge in [0.25, 0.3) is 5.91 Å². The van der Waals surface area contributed by atoms with Crippen molar-refractivity contribution in [2.45, 2.75) is 51.6 Å². The van der Waals surface area contributed by atoms with Gasteiger partial charge in [0.05, 0.1) is 18.0 Å². The number of fused-ring (bicyclic) bond motifs is 1. The van der Waals surface area contributed by atoms with Crippen molar-refractivity contribution in [3.05, 3.63) is 40.2 Å². The molecule has 1 aliphatic rings. The monoisotopic (exact) mass is 328 g/mol. The molecule has 1 aromatic carbocycles. The van der Waals surface area contributed by atoms with E-state index in [2.05, 4.69) is 5.32 Å². The van der Waals surface area contributed by atoms with Crippen LogP contribution in [0, 0.1) is 0 Å². The number of ether oxygens (including phenoxy) is 1. The lowest BCUT2D eigenvalue weighted by Gasteiger charge is -2.23. The molecule has 1 N–H and O–H groups in total. The number of amides is 1. The number of nitrogens with zero attached hydrogens (tertiary/aromatic N) is 1. The van der Waals surface area contributed by atoms with Crippen LogP contribution in [0.15, 0.2) is 29.2 Å². The van der Waals surface area contributed by atoms with Crippen LogP contribution < -0.4 is 15.5 Å². The molecule has 0 spiro atoms. The first-order valence-corrected chi connectivity index (χ1v) is 8.66. The Labute approximate surface area is 141 Å². The summed E-state index contributed by atoms with van der Waals surface area (Å²) >= 11 is 0. The molecule has 24 heavy (non-hydrogen) atoms. The molecule has 128 valence electrons. The highest BCUT2D eigenvalue weighted by molar-refractivity contribution is 5.97. The summed E-state index contributed by atoms with van der Waals surface area (Å²) in [6.07, 6.45) is 7.17. The second-order valence-corrected chi connectivity index (χ2v) is 6.35. The maximum Gasteiger partial charge on any atom is 0.256 e. The predicted molar refractivity (Wildman–Crippen MR) is 94.8 cm³/mol. The molecule has 1 fully saturated rings. The molecule has 1 saturated carbocycles. The third kappa shape index (κ3) is 3.16. The molecule has 0 saturated heterocycles. The van der Waals surface area contributed by atoms with Gasteiger partial charge in [-0.05, 0) is 38.0 Å². The fourth-order valence-electron chi connectivity index (χ4n) is 3.44. The molecule has 1 amide bonds. The van der Waals surface area contributed by atoms with E-state index in [1.54, 1.807) is 19.4 Å². The van der Waals surface area contributed by atoms with Gasteiger partial charge >= 0.3 is 0 Å². The van der Waals surface area contributed by atoms with Gasteiger partial charge in [0.2, 0.25) is 5.43 Å². The van der Waals surface area contributed by atoms with Gasteiger partial charge in [0.1, 0.15) is 11.3 Å². The van der Waals surface area contributed by atoms with E-state index in [4.69, 9.17) is 4.74 Å². The van der Waals surface area contributed by atoms with Crippen molar-refractivity contribution in [2.75, 3.05) is 7.11 Å². The predicted octanol–water partition coefficient (Wildman–Crippen LogP) is 3.09. The van der Waals surface area contributed by atoms with E-state index in [9.17, 15) is 9.59 Å². The fraction of sp³-hybridized carbons (Fsp3) is 0.474. The molecule has 3 rings (SSSR count). The number of aromatic nitrogens is 1. The second kappa shape index (κ2) is 7.07. The van der Waals surface area contributed by atoms with Gasteiger partial charge in [-0.2, -0.15) is 0 Å². The van der Waals surface area contributed by atoms with Crippen LogP contribution in [0.1, 0.15) is 49.4 Å². The summed E-state index contributed by atoms with van der Waals surface area (Å²) in [6.45, 7) is 2.68. The Hall–Kier alpha value is -2.30. The molecule has 5 heteroatoms. The highest BCUT2D eigenvalue weighted by Crippen LogP contribution is 2.20. The fourth-order valence-corrected chi connectivity index (χ4v) is 3.44. The lowest BCUT2D eigenvalue weighted by atomic mass is 9.95. The first-order valence-electron chi connectivity index (χ1n) is 8.66. The summed E-state index contributed by atoms with van der Waals surface area (Å²) in [7, 11) is 1.57. The minimum Gasteiger partial charge on any atom is -0.497 e. The Morgan fingerprint density at radius 2 is 2.04 bits per heavy atom. The molecule has 0 aliphatic heterocycles. The summed E-state index contributed by atoms with van der Waals surface area (Å²) in [5.41, 5.74) is 0.794. The van der Waals surface area contributed by atoms with Crippen molar-refractivity contribution >= 4 is 16.8 Å². The third-order valence-corrected chi connectivity index (χ3v) is 4.81. The van der Waals surface area contributed by atoms with E-state index in [1.807, 2.05) is 23.6 Å². The SMILES string of the molecule is CCn1cc(C(=O)NC2CCCCC2)c(=O)c2cc(OC)ccc21. The first-order chi connectivity index (χ1) is 11.6. The van der Waals surface area contributed by atoms with Crippen LogP contribution in [-0.2, 0) is 6.54 Å². The van der Waals surface area contributed by atoms with Crippen LogP contribution in [0.3, 0.4) is 0 Å². The average molecular weight is 328 g/mol. The Bertz CT molecular complexity index is 804. The smallest absolute Gasteiger partial charge is 0.256 e. The van der Waals surface area contributed by atoms with Gasteiger partial charge in [-0.15, -0.1) is 0 Å². The quantitative estimate of drug-likeness (QED) is 0.938. The first kappa shape index (κ1) is 16.6. The van der Waals surface area contributed by atoms with Crippen LogP contribution in [-0.4, -0.2) is 23.6 Å². The van der Waals surface area contributed by atoms with Crippen molar-refractivity contribution in [3.8, 4) is 5.75 Å². The highest BCUT2D eigenvalue weighted by atomic mass is 16.5. The van der Waals surface area contributed by atoms with E-state index in [1.165, 1.54) is 6.42 Å². The molecule has 0 bridgehead atoms. The van der Waals surface area contributed by atoms with Gasteiger partial charge in [-0.25, -0.2) is 0 Å². The number of pyridine rings is 1. The Morgan fingerprint density at radius 1 is 1.29 bits per heavy atom. The summed E-state index contributed by atoms with van der Waals surface area (Å²) in [5.74, 6) is 0.353. The zero-order valence-electron chi connectivity index (χ0n) is 14.3. The summed E-state index contributed by atoms with van der Waals surface area (Å²) < 4.78 is 7.16. The zero-order chi connectivity index (χ0) is 17.1. The minimum absolute atomic E-state index is 0.182. The summed E-state index contributed by atoms with van der Waals surface area (Å²) in [4.78, 5) is 25.5. The molecule has 0 unspecified atom stereocenters. The van der Waals surface area contributed by atoms with Crippen molar-refractivity contribution < 1.29 is 9.53 Å². The van der Waals surface area contributed by atoms with E-state index < -0.39 is 0 Å². The molecule has 1 heterocycles. The van der Waals surface area contributed by atoms with Crippen molar-refractivity contribution in [3.63, 3.8) is 0 Å². The van der Waals surface area contributed by atoms with Gasteiger partial charge in [0.15, 0.2) is 0 Å². The lowest BCUT2D eigenvalue weighted by molar-refractivity contribution is 0.0926. The van der Waals surface area contributed by atoms with Crippen molar-refractivity contribution in [1.29, 1.82) is 0 Å². The van der Waals surface area contributed by atoms with E-state index in [-0.39, 0.29) is 22.9 Å². The molecule has 0 radical (unpaired) electrons. The molecule has 2 aromatic rings. The van der Waals surface area contributed by atoms with Crippen LogP contribution in [0.5, 0.6) is 5.75 Å². The zero-order valence-corrected chi connectivity index (χ0v) is 14.3. The standard InChI is InChI=1S/C19H24N2O3/c1-3-21-12-16(19(23)20-13-7-5-4-6-8-13)18(22)15-11-14(24-2)9-10-17(15)21/h9-13H,3-8H2,1-2H3,(H,20,23). The second-order valence-electron chi connectivity index (χ2n) is 6.35. The molecule has 5 nitrogen and oxygen atoms in total. The lowest BCUT2D eigenvalue weighted by Crippen LogP contribution is -2.38. The summed E-state index contributed by atoms with van der Waals surface area (Å²) in [6, 6.07) is 5.58. The molecule has 0 atom stereocenters. The maximum atomic E-state index is 12.8. The van der Waals surface area contributed by atoms with Crippen LogP contribution in [0.4, 0.5) is 0 Å². The number of hydrogen-bond acceptors (Lipinski definition) is 3. The van der Waals surface area contributed by atoms with Gasteiger partial charge in [-0.1, -0.05) is 19.3 Å². The maximum absolute atomic E-state index is 12.8. The number of aryl methyl sites for hydroxylation is 1. The largest absolute Gasteiger partial charge is 0.497 e. The third-order valence-electron chi connectivity index (χ3n) is 4.81. The van der Waals surface area contributed by atoms with Crippen molar-refractivity contribution in [1.82, 2.24) is 9.88 Å². The molecular formula is C19H24N2O3. The number of methoxy groups -OCH3 is 1. The van der Waals surface area contributed by atoms with E-state index >= 15 is 0 Å². The van der Waals surface area contributed by atoms with Crippen LogP contribution in [0.25, 0.3) is 10.9 Å². The van der Waals surface area contributed by atoms with Gasteiger partial charge in [-0.3, -0.25) is 9.59 Å². The Balaban J connectivity index is 2.01. The number of carbonyl (C=O) groups excluding carboxylic acids is 1. The molecular weight excluding hydrogens is 304 g/mol. The van der Waals surface area contributed by atoms with E-state index in [0.29, 0.717) is 17.7 Å². The van der Waals surface area contributed by atoms with Crippen LogP contribution in [0.2, 0.25) is 0 Å². The average Bonchev–Trinajstić information content (AvgIpc) is 2.62. The molecule has 1 aliphatic carbocycles. The Kier molecular flexibility index (Phi) is 4.88. The summed E-state index contributed by atoms with van der Waals surface area (Å²) in [5, 5.41) is 3.56.